The standard InChI is InChI=1S/C21H26N2O5S/c1-6-19(20(24)22-18-10-8-7-9-17(18)21(25)28-4)23(29(5,26)27)16-12-11-14(2)15(3)13-16/h7-13,19H,6H2,1-5H3,(H,22,24). The smallest absolute Gasteiger partial charge is 0.339 e. The van der Waals surface area contributed by atoms with Crippen LogP contribution in [0, 0.1) is 13.8 Å². The lowest BCUT2D eigenvalue weighted by Gasteiger charge is -2.30. The zero-order chi connectivity index (χ0) is 21.8. The van der Waals surface area contributed by atoms with Crippen molar-refractivity contribution in [2.24, 2.45) is 0 Å². The van der Waals surface area contributed by atoms with Gasteiger partial charge >= 0.3 is 5.97 Å². The predicted molar refractivity (Wildman–Crippen MR) is 114 cm³/mol. The largest absolute Gasteiger partial charge is 0.465 e. The van der Waals surface area contributed by atoms with Crippen LogP contribution < -0.4 is 9.62 Å². The summed E-state index contributed by atoms with van der Waals surface area (Å²) in [5, 5.41) is 2.68. The first kappa shape index (κ1) is 22.4. The Morgan fingerprint density at radius 1 is 1.10 bits per heavy atom. The average molecular weight is 419 g/mol. The Hall–Kier alpha value is -2.87. The van der Waals surface area contributed by atoms with E-state index in [-0.39, 0.29) is 17.7 Å². The third kappa shape index (κ3) is 5.14. The highest BCUT2D eigenvalue weighted by Gasteiger charge is 2.32. The summed E-state index contributed by atoms with van der Waals surface area (Å²) in [7, 11) is -2.50. The second kappa shape index (κ2) is 9.09. The van der Waals surface area contributed by atoms with E-state index in [2.05, 4.69) is 5.32 Å². The van der Waals surface area contributed by atoms with Gasteiger partial charge in [0.15, 0.2) is 0 Å². The van der Waals surface area contributed by atoms with Crippen molar-refractivity contribution in [1.82, 2.24) is 0 Å². The van der Waals surface area contributed by atoms with Crippen molar-refractivity contribution in [2.45, 2.75) is 33.2 Å². The molecular formula is C21H26N2O5S. The lowest BCUT2D eigenvalue weighted by atomic mass is 10.1. The Balaban J connectivity index is 2.45. The molecule has 0 radical (unpaired) electrons. The molecule has 156 valence electrons. The van der Waals surface area contributed by atoms with Crippen LogP contribution in [0.15, 0.2) is 42.5 Å². The van der Waals surface area contributed by atoms with Crippen molar-refractivity contribution in [3.05, 3.63) is 59.2 Å². The number of anilines is 2. The van der Waals surface area contributed by atoms with Crippen LogP contribution in [0.4, 0.5) is 11.4 Å². The van der Waals surface area contributed by atoms with Gasteiger partial charge in [0.1, 0.15) is 6.04 Å². The molecule has 0 aliphatic heterocycles. The Morgan fingerprint density at radius 3 is 2.31 bits per heavy atom. The molecular weight excluding hydrogens is 392 g/mol. The van der Waals surface area contributed by atoms with Gasteiger partial charge in [-0.2, -0.15) is 0 Å². The summed E-state index contributed by atoms with van der Waals surface area (Å²) < 4.78 is 31.0. The van der Waals surface area contributed by atoms with Gasteiger partial charge in [0.2, 0.25) is 15.9 Å². The minimum Gasteiger partial charge on any atom is -0.465 e. The summed E-state index contributed by atoms with van der Waals surface area (Å²) in [6, 6.07) is 10.7. The molecule has 2 aromatic rings. The monoisotopic (exact) mass is 418 g/mol. The molecule has 2 aromatic carbocycles. The molecule has 1 atom stereocenters. The fourth-order valence-electron chi connectivity index (χ4n) is 3.02. The molecule has 1 N–H and O–H groups in total. The van der Waals surface area contributed by atoms with Crippen molar-refractivity contribution in [1.29, 1.82) is 0 Å². The minimum atomic E-state index is -3.75. The predicted octanol–water partition coefficient (Wildman–Crippen LogP) is 3.27. The minimum absolute atomic E-state index is 0.190. The second-order valence-electron chi connectivity index (χ2n) is 6.78. The third-order valence-electron chi connectivity index (χ3n) is 4.66. The van der Waals surface area contributed by atoms with Crippen LogP contribution in [0.25, 0.3) is 0 Å². The van der Waals surface area contributed by atoms with Crippen LogP contribution in [0.1, 0.15) is 34.8 Å². The zero-order valence-electron chi connectivity index (χ0n) is 17.2. The Labute approximate surface area is 171 Å². The molecule has 8 heteroatoms. The van der Waals surface area contributed by atoms with Gasteiger partial charge < -0.3 is 10.1 Å². The molecule has 0 aliphatic rings. The lowest BCUT2D eigenvalue weighted by molar-refractivity contribution is -0.117. The van der Waals surface area contributed by atoms with Gasteiger partial charge in [0.05, 0.1) is 30.3 Å². The summed E-state index contributed by atoms with van der Waals surface area (Å²) in [5.41, 5.74) is 2.81. The van der Waals surface area contributed by atoms with E-state index in [0.29, 0.717) is 5.69 Å². The number of para-hydroxylation sites is 1. The molecule has 1 amide bonds. The normalized spacial score (nSPS) is 12.2. The van der Waals surface area contributed by atoms with Crippen LogP contribution >= 0.6 is 0 Å². The van der Waals surface area contributed by atoms with E-state index >= 15 is 0 Å². The van der Waals surface area contributed by atoms with E-state index in [1.54, 1.807) is 37.3 Å². The van der Waals surface area contributed by atoms with Gasteiger partial charge in [-0.1, -0.05) is 25.1 Å². The van der Waals surface area contributed by atoms with Crippen molar-refractivity contribution in [3.8, 4) is 0 Å². The number of nitrogens with one attached hydrogen (secondary N) is 1. The van der Waals surface area contributed by atoms with Crippen LogP contribution in [0.2, 0.25) is 0 Å². The number of ether oxygens (including phenoxy) is 1. The number of aryl methyl sites for hydroxylation is 2. The van der Waals surface area contributed by atoms with Gasteiger partial charge in [-0.3, -0.25) is 9.10 Å². The number of carbonyl (C=O) groups is 2. The zero-order valence-corrected chi connectivity index (χ0v) is 18.0. The summed E-state index contributed by atoms with van der Waals surface area (Å²) >= 11 is 0. The van der Waals surface area contributed by atoms with Crippen LogP contribution in [-0.2, 0) is 19.6 Å². The lowest BCUT2D eigenvalue weighted by Crippen LogP contribution is -2.47. The average Bonchev–Trinajstić information content (AvgIpc) is 2.67. The van der Waals surface area contributed by atoms with Crippen molar-refractivity contribution in [2.75, 3.05) is 23.0 Å². The van der Waals surface area contributed by atoms with E-state index < -0.39 is 27.9 Å². The van der Waals surface area contributed by atoms with Gasteiger partial charge in [-0.25, -0.2) is 13.2 Å². The first-order valence-electron chi connectivity index (χ1n) is 9.15. The van der Waals surface area contributed by atoms with Crippen molar-refractivity contribution < 1.29 is 22.7 Å². The summed E-state index contributed by atoms with van der Waals surface area (Å²) in [6.45, 7) is 5.54. The first-order chi connectivity index (χ1) is 13.6. The van der Waals surface area contributed by atoms with Crippen molar-refractivity contribution in [3.63, 3.8) is 0 Å². The highest BCUT2D eigenvalue weighted by molar-refractivity contribution is 7.92. The van der Waals surface area contributed by atoms with E-state index in [1.165, 1.54) is 13.2 Å². The molecule has 0 aromatic heterocycles. The maximum atomic E-state index is 13.1. The summed E-state index contributed by atoms with van der Waals surface area (Å²) in [6.07, 6.45) is 1.31. The SMILES string of the molecule is CCC(C(=O)Nc1ccccc1C(=O)OC)N(c1ccc(C)c(C)c1)S(C)(=O)=O. The molecule has 29 heavy (non-hydrogen) atoms. The molecule has 0 saturated carbocycles. The second-order valence-corrected chi connectivity index (χ2v) is 8.64. The van der Waals surface area contributed by atoms with Crippen molar-refractivity contribution >= 4 is 33.3 Å². The fraction of sp³-hybridized carbons (Fsp3) is 0.333. The molecule has 0 aliphatic carbocycles. The van der Waals surface area contributed by atoms with Crippen LogP contribution in [0.3, 0.4) is 0 Å². The van der Waals surface area contributed by atoms with E-state index in [9.17, 15) is 18.0 Å². The summed E-state index contributed by atoms with van der Waals surface area (Å²) in [4.78, 5) is 25.0. The van der Waals surface area contributed by atoms with Crippen LogP contribution in [0.5, 0.6) is 0 Å². The number of hydrogen-bond acceptors (Lipinski definition) is 5. The maximum absolute atomic E-state index is 13.1. The highest BCUT2D eigenvalue weighted by Crippen LogP contribution is 2.26. The quantitative estimate of drug-likeness (QED) is 0.697. The first-order valence-corrected chi connectivity index (χ1v) is 11.0. The molecule has 0 bridgehead atoms. The fourth-order valence-corrected chi connectivity index (χ4v) is 4.22. The molecule has 0 fully saturated rings. The highest BCUT2D eigenvalue weighted by atomic mass is 32.2. The molecule has 0 saturated heterocycles. The molecule has 7 nitrogen and oxygen atoms in total. The van der Waals surface area contributed by atoms with Gasteiger partial charge in [0.25, 0.3) is 0 Å². The molecule has 2 rings (SSSR count). The maximum Gasteiger partial charge on any atom is 0.339 e. The number of benzene rings is 2. The number of amides is 1. The Bertz CT molecular complexity index is 1020. The number of sulfonamides is 1. The van der Waals surface area contributed by atoms with E-state index in [4.69, 9.17) is 4.74 Å². The molecule has 0 heterocycles. The van der Waals surface area contributed by atoms with Gasteiger partial charge in [-0.15, -0.1) is 0 Å². The number of rotatable bonds is 7. The molecule has 0 spiro atoms. The topological polar surface area (TPSA) is 92.8 Å². The third-order valence-corrected chi connectivity index (χ3v) is 5.84. The number of nitrogens with zero attached hydrogens (tertiary/aromatic N) is 1. The number of esters is 1. The molecule has 1 unspecified atom stereocenters. The Kier molecular flexibility index (Phi) is 7.02. The van der Waals surface area contributed by atoms with E-state index in [1.807, 2.05) is 19.9 Å². The number of hydrogen-bond donors (Lipinski definition) is 1. The van der Waals surface area contributed by atoms with E-state index in [0.717, 1.165) is 21.7 Å². The van der Waals surface area contributed by atoms with Crippen LogP contribution in [-0.4, -0.2) is 39.7 Å². The van der Waals surface area contributed by atoms with Gasteiger partial charge in [0, 0.05) is 0 Å². The Morgan fingerprint density at radius 2 is 1.76 bits per heavy atom. The number of methoxy groups -OCH3 is 1. The number of carbonyl (C=O) groups excluding carboxylic acids is 2. The van der Waals surface area contributed by atoms with Gasteiger partial charge in [-0.05, 0) is 55.7 Å². The summed E-state index contributed by atoms with van der Waals surface area (Å²) in [5.74, 6) is -1.13.